The van der Waals surface area contributed by atoms with E-state index in [1.807, 2.05) is 69.3 Å². The molecule has 0 spiro atoms. The summed E-state index contributed by atoms with van der Waals surface area (Å²) >= 11 is 3.42. The normalized spacial score (nSPS) is 11.2. The van der Waals surface area contributed by atoms with Crippen LogP contribution in [0, 0.1) is 11.3 Å². The van der Waals surface area contributed by atoms with Crippen LogP contribution in [0.2, 0.25) is 0 Å². The second kappa shape index (κ2) is 9.21. The molecule has 0 aliphatic heterocycles. The second-order valence-electron chi connectivity index (χ2n) is 5.98. The lowest BCUT2D eigenvalue weighted by molar-refractivity contribution is -0.112. The number of nitriles is 1. The summed E-state index contributed by atoms with van der Waals surface area (Å²) in [7, 11) is 0. The van der Waals surface area contributed by atoms with Crippen LogP contribution in [0.25, 0.3) is 6.08 Å². The highest BCUT2D eigenvalue weighted by Crippen LogP contribution is 2.27. The van der Waals surface area contributed by atoms with E-state index in [4.69, 9.17) is 4.74 Å². The highest BCUT2D eigenvalue weighted by molar-refractivity contribution is 9.10. The number of ether oxygens (including phenoxy) is 1. The summed E-state index contributed by atoms with van der Waals surface area (Å²) in [5.41, 5.74) is 2.42. The Hall–Kier alpha value is -2.58. The van der Waals surface area contributed by atoms with Gasteiger partial charge in [0.05, 0.1) is 6.10 Å². The van der Waals surface area contributed by atoms with E-state index in [0.29, 0.717) is 17.0 Å². The van der Waals surface area contributed by atoms with Gasteiger partial charge >= 0.3 is 0 Å². The van der Waals surface area contributed by atoms with E-state index in [1.165, 1.54) is 0 Å². The Morgan fingerprint density at radius 3 is 2.69 bits per heavy atom. The molecular formula is C21H21BrN2O2. The lowest BCUT2D eigenvalue weighted by atomic mass is 10.1. The van der Waals surface area contributed by atoms with Crippen molar-refractivity contribution in [3.63, 3.8) is 0 Å². The Kier molecular flexibility index (Phi) is 6.99. The summed E-state index contributed by atoms with van der Waals surface area (Å²) < 4.78 is 6.62. The van der Waals surface area contributed by atoms with Crippen molar-refractivity contribution in [3.05, 3.63) is 63.6 Å². The van der Waals surface area contributed by atoms with Crippen LogP contribution in [0.1, 0.15) is 31.9 Å². The third kappa shape index (κ3) is 5.21. The summed E-state index contributed by atoms with van der Waals surface area (Å²) in [5.74, 6) is 0.182. The van der Waals surface area contributed by atoms with Crippen molar-refractivity contribution in [2.45, 2.75) is 33.3 Å². The third-order valence-corrected chi connectivity index (χ3v) is 4.14. The zero-order valence-corrected chi connectivity index (χ0v) is 16.6. The number of amides is 1. The number of hydrogen-bond acceptors (Lipinski definition) is 3. The Morgan fingerprint density at radius 2 is 2.04 bits per heavy atom. The minimum atomic E-state index is -0.441. The largest absolute Gasteiger partial charge is 0.490 e. The molecule has 2 aromatic carbocycles. The first-order valence-corrected chi connectivity index (χ1v) is 9.21. The van der Waals surface area contributed by atoms with Crippen LogP contribution in [0.4, 0.5) is 5.69 Å². The molecule has 0 aromatic heterocycles. The van der Waals surface area contributed by atoms with Gasteiger partial charge < -0.3 is 10.1 Å². The molecule has 0 bridgehead atoms. The maximum atomic E-state index is 12.6. The fraction of sp³-hybridized carbons (Fsp3) is 0.238. The predicted molar refractivity (Wildman–Crippen MR) is 108 cm³/mol. The van der Waals surface area contributed by atoms with Crippen molar-refractivity contribution in [2.24, 2.45) is 0 Å². The molecular weight excluding hydrogens is 392 g/mol. The van der Waals surface area contributed by atoms with Gasteiger partial charge in [-0.2, -0.15) is 5.26 Å². The van der Waals surface area contributed by atoms with E-state index in [1.54, 1.807) is 6.08 Å². The molecule has 0 aliphatic carbocycles. The smallest absolute Gasteiger partial charge is 0.266 e. The van der Waals surface area contributed by atoms with Gasteiger partial charge in [0.2, 0.25) is 0 Å². The molecule has 0 unspecified atom stereocenters. The van der Waals surface area contributed by atoms with E-state index in [-0.39, 0.29) is 11.7 Å². The fourth-order valence-corrected chi connectivity index (χ4v) is 2.82. The molecule has 0 radical (unpaired) electrons. The number of hydrogen-bond donors (Lipinski definition) is 1. The van der Waals surface area contributed by atoms with Crippen LogP contribution < -0.4 is 10.1 Å². The van der Waals surface area contributed by atoms with Crippen LogP contribution in [0.3, 0.4) is 0 Å². The van der Waals surface area contributed by atoms with Gasteiger partial charge in [-0.15, -0.1) is 0 Å². The zero-order valence-electron chi connectivity index (χ0n) is 15.0. The molecule has 5 heteroatoms. The Labute approximate surface area is 162 Å². The maximum absolute atomic E-state index is 12.6. The molecule has 0 saturated heterocycles. The van der Waals surface area contributed by atoms with Crippen molar-refractivity contribution in [1.82, 2.24) is 0 Å². The van der Waals surface area contributed by atoms with Crippen LogP contribution in [-0.4, -0.2) is 12.0 Å². The number of nitrogens with one attached hydrogen (secondary N) is 1. The van der Waals surface area contributed by atoms with E-state index in [9.17, 15) is 10.1 Å². The number of nitrogens with zero attached hydrogens (tertiary/aromatic N) is 1. The highest BCUT2D eigenvalue weighted by Gasteiger charge is 2.13. The van der Waals surface area contributed by atoms with Gasteiger partial charge in [-0.25, -0.2) is 0 Å². The minimum absolute atomic E-state index is 0.0147. The summed E-state index contributed by atoms with van der Waals surface area (Å²) in [5, 5.41) is 12.3. The standard InChI is InChI=1S/C21H21BrN2O2/c1-4-15-7-5-6-8-19(15)24-21(25)17(13-23)11-16-12-18(22)9-10-20(16)26-14(2)3/h5-12,14H,4H2,1-3H3,(H,24,25)/b17-11+. The molecule has 0 heterocycles. The first kappa shape index (κ1) is 19.7. The average molecular weight is 413 g/mol. The van der Waals surface area contributed by atoms with Crippen LogP contribution in [0.15, 0.2) is 52.5 Å². The molecule has 0 aliphatic rings. The zero-order chi connectivity index (χ0) is 19.1. The maximum Gasteiger partial charge on any atom is 0.266 e. The Bertz CT molecular complexity index is 867. The van der Waals surface area contributed by atoms with Crippen LogP contribution >= 0.6 is 15.9 Å². The number of aryl methyl sites for hydroxylation is 1. The van der Waals surface area contributed by atoms with Gasteiger partial charge in [0.25, 0.3) is 5.91 Å². The third-order valence-electron chi connectivity index (χ3n) is 3.65. The molecule has 4 nitrogen and oxygen atoms in total. The molecule has 1 N–H and O–H groups in total. The number of carbonyl (C=O) groups is 1. The average Bonchev–Trinajstić information content (AvgIpc) is 2.61. The van der Waals surface area contributed by atoms with E-state index < -0.39 is 5.91 Å². The van der Waals surface area contributed by atoms with Gasteiger partial charge in [0, 0.05) is 15.7 Å². The van der Waals surface area contributed by atoms with Crippen molar-refractivity contribution >= 4 is 33.6 Å². The number of para-hydroxylation sites is 1. The summed E-state index contributed by atoms with van der Waals surface area (Å²) in [6.07, 6.45) is 2.33. The van der Waals surface area contributed by atoms with Gasteiger partial charge in [-0.3, -0.25) is 4.79 Å². The summed E-state index contributed by atoms with van der Waals surface area (Å²) in [4.78, 5) is 12.6. The predicted octanol–water partition coefficient (Wildman–Crippen LogP) is 5.34. The van der Waals surface area contributed by atoms with E-state index >= 15 is 0 Å². The summed E-state index contributed by atoms with van der Waals surface area (Å²) in [6.45, 7) is 5.87. The summed E-state index contributed by atoms with van der Waals surface area (Å²) in [6, 6.07) is 15.0. The number of benzene rings is 2. The quantitative estimate of drug-likeness (QED) is 0.513. The number of anilines is 1. The van der Waals surface area contributed by atoms with Crippen LogP contribution in [-0.2, 0) is 11.2 Å². The SMILES string of the molecule is CCc1ccccc1NC(=O)/C(C#N)=C/c1cc(Br)ccc1OC(C)C. The Morgan fingerprint density at radius 1 is 1.31 bits per heavy atom. The lowest BCUT2D eigenvalue weighted by Crippen LogP contribution is -2.15. The topological polar surface area (TPSA) is 62.1 Å². The first-order chi connectivity index (χ1) is 12.4. The number of carbonyl (C=O) groups excluding carboxylic acids is 1. The van der Waals surface area contributed by atoms with Crippen molar-refractivity contribution in [2.75, 3.05) is 5.32 Å². The van der Waals surface area contributed by atoms with Crippen molar-refractivity contribution in [3.8, 4) is 11.8 Å². The van der Waals surface area contributed by atoms with Crippen molar-refractivity contribution < 1.29 is 9.53 Å². The van der Waals surface area contributed by atoms with E-state index in [0.717, 1.165) is 16.5 Å². The Balaban J connectivity index is 2.34. The van der Waals surface area contributed by atoms with Crippen LogP contribution in [0.5, 0.6) is 5.75 Å². The molecule has 0 saturated carbocycles. The molecule has 26 heavy (non-hydrogen) atoms. The van der Waals surface area contributed by atoms with Gasteiger partial charge in [0.15, 0.2) is 0 Å². The molecule has 134 valence electrons. The number of rotatable bonds is 6. The number of halogens is 1. The highest BCUT2D eigenvalue weighted by atomic mass is 79.9. The van der Waals surface area contributed by atoms with Gasteiger partial charge in [0.1, 0.15) is 17.4 Å². The van der Waals surface area contributed by atoms with Gasteiger partial charge in [-0.1, -0.05) is 41.1 Å². The van der Waals surface area contributed by atoms with Gasteiger partial charge in [-0.05, 0) is 56.2 Å². The molecule has 2 rings (SSSR count). The second-order valence-corrected chi connectivity index (χ2v) is 6.90. The molecule has 0 fully saturated rings. The fourth-order valence-electron chi connectivity index (χ4n) is 2.44. The first-order valence-electron chi connectivity index (χ1n) is 8.41. The minimum Gasteiger partial charge on any atom is -0.490 e. The molecule has 0 atom stereocenters. The molecule has 1 amide bonds. The lowest BCUT2D eigenvalue weighted by Gasteiger charge is -2.13. The van der Waals surface area contributed by atoms with E-state index in [2.05, 4.69) is 21.2 Å². The molecule has 2 aromatic rings. The monoisotopic (exact) mass is 412 g/mol. The van der Waals surface area contributed by atoms with Crippen molar-refractivity contribution in [1.29, 1.82) is 5.26 Å².